The highest BCUT2D eigenvalue weighted by molar-refractivity contribution is 7.89. The summed E-state index contributed by atoms with van der Waals surface area (Å²) in [5.41, 5.74) is 0. The van der Waals surface area contributed by atoms with Gasteiger partial charge < -0.3 is 9.72 Å². The molecule has 0 fully saturated rings. The van der Waals surface area contributed by atoms with E-state index in [1.54, 1.807) is 6.92 Å². The Morgan fingerprint density at radius 3 is 2.61 bits per heavy atom. The fourth-order valence-corrected chi connectivity index (χ4v) is 2.92. The van der Waals surface area contributed by atoms with Gasteiger partial charge in [-0.1, -0.05) is 13.8 Å². The summed E-state index contributed by atoms with van der Waals surface area (Å²) in [6.07, 6.45) is 2.05. The maximum atomic E-state index is 12.3. The second-order valence-corrected chi connectivity index (χ2v) is 5.65. The molecule has 0 saturated carbocycles. The first-order chi connectivity index (χ1) is 8.56. The number of aromatic amines is 1. The average molecular weight is 275 g/mol. The van der Waals surface area contributed by atoms with Crippen LogP contribution in [0.15, 0.2) is 11.2 Å². The number of nitrogens with one attached hydrogen (secondary N) is 1. The number of rotatable bonds is 8. The van der Waals surface area contributed by atoms with Crippen molar-refractivity contribution in [1.29, 1.82) is 0 Å². The first-order valence-electron chi connectivity index (χ1n) is 6.18. The Morgan fingerprint density at radius 1 is 1.39 bits per heavy atom. The van der Waals surface area contributed by atoms with Crippen LogP contribution in [0.1, 0.15) is 26.6 Å². The molecule has 0 atom stereocenters. The molecule has 1 N–H and O–H groups in total. The van der Waals surface area contributed by atoms with E-state index in [4.69, 9.17) is 4.74 Å². The zero-order chi connectivity index (χ0) is 13.6. The van der Waals surface area contributed by atoms with Gasteiger partial charge in [0.25, 0.3) is 10.0 Å². The molecule has 104 valence electrons. The van der Waals surface area contributed by atoms with Crippen molar-refractivity contribution in [2.75, 3.05) is 26.3 Å². The number of nitrogens with zero attached hydrogens (tertiary/aromatic N) is 2. The van der Waals surface area contributed by atoms with E-state index in [-0.39, 0.29) is 5.03 Å². The lowest BCUT2D eigenvalue weighted by molar-refractivity contribution is 0.135. The van der Waals surface area contributed by atoms with Gasteiger partial charge >= 0.3 is 0 Å². The molecule has 1 heterocycles. The van der Waals surface area contributed by atoms with Gasteiger partial charge in [-0.05, 0) is 6.92 Å². The average Bonchev–Trinajstić information content (AvgIpc) is 2.83. The molecule has 0 bridgehead atoms. The number of sulfonamides is 1. The van der Waals surface area contributed by atoms with Crippen LogP contribution in [0.5, 0.6) is 0 Å². The maximum absolute atomic E-state index is 12.3. The van der Waals surface area contributed by atoms with Crippen molar-refractivity contribution >= 4 is 10.0 Å². The quantitative estimate of drug-likeness (QED) is 0.719. The largest absolute Gasteiger partial charge is 0.380 e. The molecule has 0 aliphatic heterocycles. The van der Waals surface area contributed by atoms with Crippen LogP contribution in [-0.2, 0) is 21.2 Å². The maximum Gasteiger partial charge on any atom is 0.260 e. The molecule has 1 aromatic rings. The molecule has 1 aromatic heterocycles. The van der Waals surface area contributed by atoms with Crippen LogP contribution >= 0.6 is 0 Å². The van der Waals surface area contributed by atoms with Gasteiger partial charge in [-0.15, -0.1) is 0 Å². The third-order valence-electron chi connectivity index (χ3n) is 2.60. The minimum absolute atomic E-state index is 0.151. The number of likely N-dealkylation sites (N-methyl/N-ethyl adjacent to an activating group) is 1. The minimum Gasteiger partial charge on any atom is -0.380 e. The second kappa shape index (κ2) is 6.86. The predicted octanol–water partition coefficient (Wildman–Crippen LogP) is 1.02. The van der Waals surface area contributed by atoms with Gasteiger partial charge in [0.15, 0.2) is 5.03 Å². The van der Waals surface area contributed by atoms with Gasteiger partial charge in [0, 0.05) is 26.1 Å². The summed E-state index contributed by atoms with van der Waals surface area (Å²) >= 11 is 0. The van der Waals surface area contributed by atoms with Crippen LogP contribution in [0.2, 0.25) is 0 Å². The van der Waals surface area contributed by atoms with Crippen molar-refractivity contribution in [3.8, 4) is 0 Å². The Hall–Kier alpha value is -0.920. The summed E-state index contributed by atoms with van der Waals surface area (Å²) in [5, 5.41) is 0.151. The molecule has 0 radical (unpaired) electrons. The molecular weight excluding hydrogens is 254 g/mol. The van der Waals surface area contributed by atoms with Crippen LogP contribution in [0, 0.1) is 0 Å². The summed E-state index contributed by atoms with van der Waals surface area (Å²) in [7, 11) is -3.49. The fourth-order valence-electron chi connectivity index (χ4n) is 1.55. The van der Waals surface area contributed by atoms with Crippen molar-refractivity contribution in [3.05, 3.63) is 12.0 Å². The van der Waals surface area contributed by atoms with Crippen molar-refractivity contribution in [2.24, 2.45) is 0 Å². The van der Waals surface area contributed by atoms with E-state index in [0.29, 0.717) is 38.5 Å². The van der Waals surface area contributed by atoms with Crippen LogP contribution in [0.4, 0.5) is 0 Å². The summed E-state index contributed by atoms with van der Waals surface area (Å²) in [5.74, 6) is 0.675. The Morgan fingerprint density at radius 2 is 2.11 bits per heavy atom. The predicted molar refractivity (Wildman–Crippen MR) is 68.9 cm³/mol. The van der Waals surface area contributed by atoms with Gasteiger partial charge in [-0.2, -0.15) is 4.31 Å². The lowest BCUT2D eigenvalue weighted by atomic mass is 10.5. The first-order valence-corrected chi connectivity index (χ1v) is 7.62. The first kappa shape index (κ1) is 15.1. The van der Waals surface area contributed by atoms with Crippen molar-refractivity contribution in [1.82, 2.24) is 14.3 Å². The number of imidazole rings is 1. The summed E-state index contributed by atoms with van der Waals surface area (Å²) in [4.78, 5) is 6.85. The Bertz CT molecular complexity index is 456. The zero-order valence-electron chi connectivity index (χ0n) is 11.1. The number of aryl methyl sites for hydroxylation is 1. The van der Waals surface area contributed by atoms with Crippen LogP contribution in [0.25, 0.3) is 0 Å². The molecule has 6 nitrogen and oxygen atoms in total. The van der Waals surface area contributed by atoms with E-state index < -0.39 is 10.0 Å². The van der Waals surface area contributed by atoms with Crippen molar-refractivity contribution in [2.45, 2.75) is 32.2 Å². The summed E-state index contributed by atoms with van der Waals surface area (Å²) < 4.78 is 31.1. The normalized spacial score (nSPS) is 12.2. The second-order valence-electron chi connectivity index (χ2n) is 3.74. The molecule has 1 rings (SSSR count). The fraction of sp³-hybridized carbons (Fsp3) is 0.727. The Kier molecular flexibility index (Phi) is 5.77. The lowest BCUT2D eigenvalue weighted by Gasteiger charge is -2.19. The van der Waals surface area contributed by atoms with Crippen molar-refractivity contribution in [3.63, 3.8) is 0 Å². The Labute approximate surface area is 108 Å². The van der Waals surface area contributed by atoms with Crippen molar-refractivity contribution < 1.29 is 13.2 Å². The van der Waals surface area contributed by atoms with E-state index in [1.807, 2.05) is 13.8 Å². The standard InChI is InChI=1S/C11H21N3O3S/c1-4-10-12-9-11(13-10)18(15,16)14(5-2)7-8-17-6-3/h9H,4-8H2,1-3H3,(H,12,13). The monoisotopic (exact) mass is 275 g/mol. The number of H-pyrrole nitrogens is 1. The van der Waals surface area contributed by atoms with E-state index in [9.17, 15) is 8.42 Å². The minimum atomic E-state index is -3.49. The van der Waals surface area contributed by atoms with E-state index >= 15 is 0 Å². The molecule has 0 saturated heterocycles. The molecule has 18 heavy (non-hydrogen) atoms. The van der Waals surface area contributed by atoms with E-state index in [0.717, 1.165) is 0 Å². The zero-order valence-corrected chi connectivity index (χ0v) is 12.0. The molecule has 0 aliphatic rings. The molecule has 0 spiro atoms. The van der Waals surface area contributed by atoms with Gasteiger partial charge in [-0.3, -0.25) is 0 Å². The lowest BCUT2D eigenvalue weighted by Crippen LogP contribution is -2.34. The number of aromatic nitrogens is 2. The molecular formula is C11H21N3O3S. The number of hydrogen-bond donors (Lipinski definition) is 1. The Balaban J connectivity index is 2.82. The number of ether oxygens (including phenoxy) is 1. The third kappa shape index (κ3) is 3.54. The topological polar surface area (TPSA) is 75.3 Å². The van der Waals surface area contributed by atoms with Gasteiger partial charge in [0.2, 0.25) is 0 Å². The molecule has 0 amide bonds. The highest BCUT2D eigenvalue weighted by atomic mass is 32.2. The summed E-state index contributed by atoms with van der Waals surface area (Å²) in [6.45, 7) is 7.36. The molecule has 0 aliphatic carbocycles. The van der Waals surface area contributed by atoms with Gasteiger partial charge in [0.05, 0.1) is 12.8 Å². The van der Waals surface area contributed by atoms with Crippen LogP contribution < -0.4 is 0 Å². The molecule has 0 aromatic carbocycles. The van der Waals surface area contributed by atoms with Gasteiger partial charge in [-0.25, -0.2) is 13.4 Å². The molecule has 7 heteroatoms. The third-order valence-corrected chi connectivity index (χ3v) is 4.48. The SMILES string of the molecule is CCOCCN(CC)S(=O)(=O)c1cnc(CC)[nH]1. The van der Waals surface area contributed by atoms with E-state index in [1.165, 1.54) is 10.5 Å². The van der Waals surface area contributed by atoms with Gasteiger partial charge in [0.1, 0.15) is 5.82 Å². The van der Waals surface area contributed by atoms with Crippen LogP contribution in [-0.4, -0.2) is 49.0 Å². The highest BCUT2D eigenvalue weighted by Crippen LogP contribution is 2.13. The smallest absolute Gasteiger partial charge is 0.260 e. The number of hydrogen-bond acceptors (Lipinski definition) is 4. The highest BCUT2D eigenvalue weighted by Gasteiger charge is 2.24. The summed E-state index contributed by atoms with van der Waals surface area (Å²) in [6, 6.07) is 0. The van der Waals surface area contributed by atoms with E-state index in [2.05, 4.69) is 9.97 Å². The molecule has 0 unspecified atom stereocenters. The van der Waals surface area contributed by atoms with Crippen LogP contribution in [0.3, 0.4) is 0 Å².